The van der Waals surface area contributed by atoms with Crippen molar-refractivity contribution in [3.63, 3.8) is 0 Å². The minimum Gasteiger partial charge on any atom is -0.341 e. The highest BCUT2D eigenvalue weighted by Crippen LogP contribution is 2.26. The maximum absolute atomic E-state index is 2.50. The van der Waals surface area contributed by atoms with Gasteiger partial charge in [0.25, 0.3) is 0 Å². The van der Waals surface area contributed by atoms with Crippen molar-refractivity contribution >= 4 is 11.4 Å². The summed E-state index contributed by atoms with van der Waals surface area (Å²) in [6, 6.07) is 20.3. The fourth-order valence-electron chi connectivity index (χ4n) is 4.37. The summed E-state index contributed by atoms with van der Waals surface area (Å²) in [6.45, 7) is 5.68. The number of hydrogen-bond acceptors (Lipinski definition) is 1. The van der Waals surface area contributed by atoms with Gasteiger partial charge in [0.15, 0.2) is 0 Å². The average molecular weight is 422 g/mol. The molecule has 0 bridgehead atoms. The third-order valence-corrected chi connectivity index (χ3v) is 6.37. The fraction of sp³-hybridized carbons (Fsp3) is 0.600. The Morgan fingerprint density at radius 3 is 1.55 bits per heavy atom. The van der Waals surface area contributed by atoms with E-state index in [1.54, 1.807) is 0 Å². The zero-order valence-electron chi connectivity index (χ0n) is 20.5. The minimum absolute atomic E-state index is 1.11. The maximum atomic E-state index is 2.50. The molecule has 0 aliphatic carbocycles. The van der Waals surface area contributed by atoms with Crippen molar-refractivity contribution in [2.45, 2.75) is 110 Å². The van der Waals surface area contributed by atoms with Gasteiger partial charge in [-0.3, -0.25) is 0 Å². The molecule has 0 heterocycles. The Labute approximate surface area is 193 Å². The molecule has 0 amide bonds. The van der Waals surface area contributed by atoms with Crippen LogP contribution < -0.4 is 4.90 Å². The molecule has 2 rings (SSSR count). The van der Waals surface area contributed by atoms with E-state index in [9.17, 15) is 0 Å². The average Bonchev–Trinajstić information content (AvgIpc) is 2.81. The second-order valence-corrected chi connectivity index (χ2v) is 9.15. The van der Waals surface area contributed by atoms with Gasteiger partial charge in [-0.25, -0.2) is 0 Å². The van der Waals surface area contributed by atoms with Crippen LogP contribution in [0.4, 0.5) is 11.4 Å². The van der Waals surface area contributed by atoms with Crippen LogP contribution in [0.15, 0.2) is 54.6 Å². The molecular formula is C30H47N. The highest BCUT2D eigenvalue weighted by atomic mass is 15.1. The van der Waals surface area contributed by atoms with Crippen LogP contribution in [0.25, 0.3) is 0 Å². The molecule has 0 aliphatic rings. The number of para-hydroxylation sites is 1. The van der Waals surface area contributed by atoms with E-state index >= 15 is 0 Å². The van der Waals surface area contributed by atoms with Gasteiger partial charge in [-0.2, -0.15) is 0 Å². The second-order valence-electron chi connectivity index (χ2n) is 9.15. The number of aryl methyl sites for hydroxylation is 1. The molecule has 31 heavy (non-hydrogen) atoms. The van der Waals surface area contributed by atoms with E-state index < -0.39 is 0 Å². The number of anilines is 2. The van der Waals surface area contributed by atoms with Crippen LogP contribution >= 0.6 is 0 Å². The van der Waals surface area contributed by atoms with Crippen LogP contribution in [0.1, 0.15) is 109 Å². The van der Waals surface area contributed by atoms with Gasteiger partial charge in [0.05, 0.1) is 0 Å². The lowest BCUT2D eigenvalue weighted by molar-refractivity contribution is 0.589. The van der Waals surface area contributed by atoms with E-state index in [1.807, 2.05) is 0 Å². The van der Waals surface area contributed by atoms with Crippen molar-refractivity contribution in [2.24, 2.45) is 0 Å². The Hall–Kier alpha value is -1.76. The van der Waals surface area contributed by atoms with Gasteiger partial charge >= 0.3 is 0 Å². The summed E-state index contributed by atoms with van der Waals surface area (Å²) in [5.74, 6) is 0. The molecule has 1 nitrogen and oxygen atoms in total. The Balaban J connectivity index is 1.81. The molecule has 0 spiro atoms. The number of rotatable bonds is 18. The molecule has 1 heteroatoms. The topological polar surface area (TPSA) is 3.24 Å². The maximum Gasteiger partial charge on any atom is 0.0410 e. The molecule has 0 saturated heterocycles. The quantitative estimate of drug-likeness (QED) is 0.216. The lowest BCUT2D eigenvalue weighted by Gasteiger charge is -2.25. The van der Waals surface area contributed by atoms with Gasteiger partial charge in [0.1, 0.15) is 0 Å². The molecule has 0 atom stereocenters. The number of benzene rings is 2. The van der Waals surface area contributed by atoms with Crippen LogP contribution in [-0.2, 0) is 6.42 Å². The third-order valence-electron chi connectivity index (χ3n) is 6.37. The molecule has 2 aromatic rings. The van der Waals surface area contributed by atoms with Gasteiger partial charge in [-0.15, -0.1) is 0 Å². The first kappa shape index (κ1) is 25.5. The van der Waals surface area contributed by atoms with E-state index in [0.717, 1.165) is 6.54 Å². The van der Waals surface area contributed by atoms with Crippen LogP contribution in [0.5, 0.6) is 0 Å². The van der Waals surface area contributed by atoms with E-state index in [4.69, 9.17) is 0 Å². The highest BCUT2D eigenvalue weighted by Gasteiger charge is 2.09. The van der Waals surface area contributed by atoms with Crippen molar-refractivity contribution < 1.29 is 0 Å². The van der Waals surface area contributed by atoms with E-state index in [-0.39, 0.29) is 0 Å². The van der Waals surface area contributed by atoms with Crippen molar-refractivity contribution in [2.75, 3.05) is 11.4 Å². The molecule has 0 aliphatic heterocycles. The summed E-state index contributed by atoms with van der Waals surface area (Å²) in [5.41, 5.74) is 4.13. The molecular weight excluding hydrogens is 374 g/mol. The van der Waals surface area contributed by atoms with Crippen molar-refractivity contribution in [1.29, 1.82) is 0 Å². The van der Waals surface area contributed by atoms with Crippen molar-refractivity contribution in [3.05, 3.63) is 60.2 Å². The summed E-state index contributed by atoms with van der Waals surface area (Å²) in [6.07, 6.45) is 20.4. The first-order valence-electron chi connectivity index (χ1n) is 13.3. The predicted octanol–water partition coefficient (Wildman–Crippen LogP) is 9.87. The fourth-order valence-corrected chi connectivity index (χ4v) is 4.37. The van der Waals surface area contributed by atoms with E-state index in [2.05, 4.69) is 73.3 Å². The Morgan fingerprint density at radius 2 is 0.968 bits per heavy atom. The summed E-state index contributed by atoms with van der Waals surface area (Å²) >= 11 is 0. The van der Waals surface area contributed by atoms with Crippen molar-refractivity contribution in [1.82, 2.24) is 0 Å². The Morgan fingerprint density at radius 1 is 0.484 bits per heavy atom. The van der Waals surface area contributed by atoms with Gasteiger partial charge in [-0.1, -0.05) is 121 Å². The smallest absolute Gasteiger partial charge is 0.0410 e. The zero-order valence-corrected chi connectivity index (χ0v) is 20.5. The first-order chi connectivity index (χ1) is 15.3. The highest BCUT2D eigenvalue weighted by molar-refractivity contribution is 5.63. The number of hydrogen-bond donors (Lipinski definition) is 0. The summed E-state index contributed by atoms with van der Waals surface area (Å²) in [5, 5.41) is 0. The predicted molar refractivity (Wildman–Crippen MR) is 140 cm³/mol. The largest absolute Gasteiger partial charge is 0.341 e. The summed E-state index contributed by atoms with van der Waals surface area (Å²) in [7, 11) is 0. The van der Waals surface area contributed by atoms with Crippen LogP contribution in [0, 0.1) is 0 Å². The van der Waals surface area contributed by atoms with Gasteiger partial charge in [0.2, 0.25) is 0 Å². The van der Waals surface area contributed by atoms with E-state index in [1.165, 1.54) is 113 Å². The molecule has 0 radical (unpaired) electrons. The van der Waals surface area contributed by atoms with Crippen LogP contribution in [0.2, 0.25) is 0 Å². The van der Waals surface area contributed by atoms with Crippen LogP contribution in [0.3, 0.4) is 0 Å². The Kier molecular flexibility index (Phi) is 13.9. The minimum atomic E-state index is 1.11. The lowest BCUT2D eigenvalue weighted by atomic mass is 10.0. The molecule has 0 aromatic heterocycles. The molecule has 172 valence electrons. The molecule has 0 N–H and O–H groups in total. The molecule has 0 fully saturated rings. The summed E-state index contributed by atoms with van der Waals surface area (Å²) < 4.78 is 0. The van der Waals surface area contributed by atoms with E-state index in [0.29, 0.717) is 0 Å². The van der Waals surface area contributed by atoms with Gasteiger partial charge < -0.3 is 4.90 Å². The van der Waals surface area contributed by atoms with Gasteiger partial charge in [-0.05, 0) is 49.1 Å². The SMILES string of the molecule is CCCCCCCCCc1ccc(N(CCCCCCCCC)c2ccccc2)cc1. The second kappa shape index (κ2) is 16.9. The first-order valence-corrected chi connectivity index (χ1v) is 13.3. The summed E-state index contributed by atoms with van der Waals surface area (Å²) in [4.78, 5) is 2.50. The molecule has 0 saturated carbocycles. The molecule has 2 aromatic carbocycles. The zero-order chi connectivity index (χ0) is 22.0. The van der Waals surface area contributed by atoms with Crippen LogP contribution in [-0.4, -0.2) is 6.54 Å². The standard InChI is InChI=1S/C30H47N/c1-3-5-7-9-11-13-16-20-28-23-25-30(26-24-28)31(29-21-17-15-18-22-29)27-19-14-12-10-8-6-4-2/h15,17-18,21-26H,3-14,16,19-20,27H2,1-2H3. The Bertz CT molecular complexity index is 646. The number of unbranched alkanes of at least 4 members (excludes halogenated alkanes) is 12. The lowest BCUT2D eigenvalue weighted by Crippen LogP contribution is -2.18. The number of nitrogens with zero attached hydrogens (tertiary/aromatic N) is 1. The normalized spacial score (nSPS) is 11.0. The molecule has 0 unspecified atom stereocenters. The van der Waals surface area contributed by atoms with Gasteiger partial charge in [0, 0.05) is 17.9 Å². The third kappa shape index (κ3) is 10.9. The monoisotopic (exact) mass is 421 g/mol. The van der Waals surface area contributed by atoms with Crippen molar-refractivity contribution in [3.8, 4) is 0 Å².